The molecule has 1 aromatic carbocycles. The van der Waals surface area contributed by atoms with E-state index in [2.05, 4.69) is 43.4 Å². The number of hydrogen-bond donors (Lipinski definition) is 1. The van der Waals surface area contributed by atoms with Gasteiger partial charge in [-0.25, -0.2) is 15.0 Å². The molecule has 3 heterocycles. The van der Waals surface area contributed by atoms with Crippen molar-refractivity contribution in [3.63, 3.8) is 0 Å². The van der Waals surface area contributed by atoms with Gasteiger partial charge in [-0.2, -0.15) is 0 Å². The Hall–Kier alpha value is -3.06. The Morgan fingerprint density at radius 3 is 2.76 bits per heavy atom. The number of rotatable bonds is 6. The first-order valence-corrected chi connectivity index (χ1v) is 12.3. The number of aromatic nitrogens is 3. The average Bonchev–Trinajstić information content (AvgIpc) is 3.48. The molecule has 7 heteroatoms. The van der Waals surface area contributed by atoms with E-state index in [1.807, 2.05) is 26.8 Å². The summed E-state index contributed by atoms with van der Waals surface area (Å²) < 4.78 is 6.31. The molecule has 1 unspecified atom stereocenters. The molecule has 34 heavy (non-hydrogen) atoms. The third-order valence-corrected chi connectivity index (χ3v) is 7.24. The van der Waals surface area contributed by atoms with Crippen molar-refractivity contribution in [2.45, 2.75) is 65.3 Å². The molecule has 0 amide bonds. The number of anilines is 2. The number of oxazole rings is 1. The highest BCUT2D eigenvalue weighted by atomic mass is 16.4. The molecule has 0 bridgehead atoms. The molecule has 0 radical (unpaired) electrons. The summed E-state index contributed by atoms with van der Waals surface area (Å²) in [6.45, 7) is 9.14. The number of hydrogen-bond acceptors (Lipinski definition) is 7. The summed E-state index contributed by atoms with van der Waals surface area (Å²) in [5, 5.41) is 3.36. The number of aryl methyl sites for hydroxylation is 1. The highest BCUT2D eigenvalue weighted by Gasteiger charge is 2.42. The van der Waals surface area contributed by atoms with Gasteiger partial charge < -0.3 is 9.73 Å². The topological polar surface area (TPSA) is 84.2 Å². The van der Waals surface area contributed by atoms with Crippen LogP contribution in [-0.2, 0) is 11.3 Å². The number of carbonyl (C=O) groups excluding carboxylic acids is 1. The zero-order valence-electron chi connectivity index (χ0n) is 20.3. The number of ketones is 1. The third-order valence-electron chi connectivity index (χ3n) is 7.24. The van der Waals surface area contributed by atoms with Crippen LogP contribution in [0.15, 0.2) is 41.1 Å². The van der Waals surface area contributed by atoms with Crippen molar-refractivity contribution >= 4 is 17.4 Å². The molecule has 1 atom stereocenters. The van der Waals surface area contributed by atoms with Gasteiger partial charge in [0.15, 0.2) is 11.7 Å². The van der Waals surface area contributed by atoms with Crippen LogP contribution in [0.2, 0.25) is 0 Å². The molecule has 1 saturated heterocycles. The summed E-state index contributed by atoms with van der Waals surface area (Å²) in [6, 6.07) is 8.28. The molecule has 1 aliphatic heterocycles. The Kier molecular flexibility index (Phi) is 6.21. The van der Waals surface area contributed by atoms with E-state index in [0.29, 0.717) is 24.0 Å². The van der Waals surface area contributed by atoms with Crippen LogP contribution in [-0.4, -0.2) is 38.7 Å². The van der Waals surface area contributed by atoms with Gasteiger partial charge in [0.25, 0.3) is 0 Å². The molecule has 2 fully saturated rings. The van der Waals surface area contributed by atoms with E-state index in [9.17, 15) is 4.79 Å². The van der Waals surface area contributed by atoms with E-state index in [0.717, 1.165) is 55.2 Å². The summed E-state index contributed by atoms with van der Waals surface area (Å²) in [5.41, 5.74) is 3.55. The smallest absolute Gasteiger partial charge is 0.227 e. The number of nitrogens with one attached hydrogen (secondary N) is 1. The zero-order chi connectivity index (χ0) is 23.7. The summed E-state index contributed by atoms with van der Waals surface area (Å²) >= 11 is 0. The highest BCUT2D eigenvalue weighted by molar-refractivity contribution is 5.85. The van der Waals surface area contributed by atoms with Gasteiger partial charge in [-0.3, -0.25) is 9.69 Å². The van der Waals surface area contributed by atoms with Crippen molar-refractivity contribution in [1.29, 1.82) is 0 Å². The van der Waals surface area contributed by atoms with Crippen molar-refractivity contribution in [2.24, 2.45) is 5.41 Å². The highest BCUT2D eigenvalue weighted by Crippen LogP contribution is 2.45. The summed E-state index contributed by atoms with van der Waals surface area (Å²) in [6.07, 6.45) is 8.52. The maximum Gasteiger partial charge on any atom is 0.227 e. The number of carbonyl (C=O) groups is 1. The molecule has 1 N–H and O–H groups in total. The molecule has 0 spiro atoms. The van der Waals surface area contributed by atoms with Crippen LogP contribution >= 0.6 is 0 Å². The first kappa shape index (κ1) is 22.7. The van der Waals surface area contributed by atoms with E-state index < -0.39 is 5.41 Å². The second-order valence-corrected chi connectivity index (χ2v) is 10.2. The minimum atomic E-state index is -0.451. The van der Waals surface area contributed by atoms with Gasteiger partial charge in [-0.1, -0.05) is 13.8 Å². The Labute approximate surface area is 201 Å². The quantitative estimate of drug-likeness (QED) is 0.510. The molecule has 3 aromatic rings. The van der Waals surface area contributed by atoms with Crippen LogP contribution in [0, 0.1) is 12.3 Å². The van der Waals surface area contributed by atoms with Crippen molar-refractivity contribution in [2.75, 3.05) is 18.4 Å². The van der Waals surface area contributed by atoms with Crippen LogP contribution in [0.25, 0.3) is 11.3 Å². The fraction of sp³-hybridized carbons (Fsp3) is 0.481. The second kappa shape index (κ2) is 9.29. The molecule has 2 aromatic heterocycles. The number of nitrogens with zero attached hydrogens (tertiary/aromatic N) is 4. The lowest BCUT2D eigenvalue weighted by Gasteiger charge is -2.34. The van der Waals surface area contributed by atoms with Crippen LogP contribution in [0.1, 0.15) is 69.0 Å². The molecule has 7 nitrogen and oxygen atoms in total. The summed E-state index contributed by atoms with van der Waals surface area (Å²) in [5.74, 6) is 2.26. The van der Waals surface area contributed by atoms with Gasteiger partial charge in [0.2, 0.25) is 5.95 Å². The molecule has 2 aliphatic rings. The molecule has 178 valence electrons. The van der Waals surface area contributed by atoms with E-state index in [4.69, 9.17) is 4.42 Å². The molecule has 5 rings (SSSR count). The first-order chi connectivity index (χ1) is 16.4. The van der Waals surface area contributed by atoms with Crippen LogP contribution in [0.5, 0.6) is 0 Å². The molecular formula is C27H33N5O2. The second-order valence-electron chi connectivity index (χ2n) is 10.2. The van der Waals surface area contributed by atoms with Gasteiger partial charge in [0, 0.05) is 47.4 Å². The maximum absolute atomic E-state index is 12.5. The Morgan fingerprint density at radius 1 is 1.15 bits per heavy atom. The monoisotopic (exact) mass is 459 g/mol. The third kappa shape index (κ3) is 4.75. The summed E-state index contributed by atoms with van der Waals surface area (Å²) in [7, 11) is 0. The van der Waals surface area contributed by atoms with Gasteiger partial charge in [-0.15, -0.1) is 0 Å². The fourth-order valence-corrected chi connectivity index (χ4v) is 5.19. The van der Waals surface area contributed by atoms with Crippen molar-refractivity contribution in [3.8, 4) is 11.3 Å². The van der Waals surface area contributed by atoms with E-state index in [1.54, 1.807) is 12.4 Å². The fourth-order valence-electron chi connectivity index (χ4n) is 5.19. The predicted molar refractivity (Wildman–Crippen MR) is 132 cm³/mol. The predicted octanol–water partition coefficient (Wildman–Crippen LogP) is 5.64. The number of benzene rings is 1. The zero-order valence-corrected chi connectivity index (χ0v) is 20.3. The Morgan fingerprint density at radius 2 is 1.97 bits per heavy atom. The van der Waals surface area contributed by atoms with E-state index >= 15 is 0 Å². The van der Waals surface area contributed by atoms with Gasteiger partial charge in [0.05, 0.1) is 6.20 Å². The lowest BCUT2D eigenvalue weighted by molar-refractivity contribution is -0.130. The maximum atomic E-state index is 12.5. The largest absolute Gasteiger partial charge is 0.440 e. The number of likely N-dealkylation sites (tertiary alicyclic amines) is 1. The number of Topliss-reactive ketones (excluding diaryl/α,β-unsaturated/α-hetero) is 1. The van der Waals surface area contributed by atoms with Crippen LogP contribution in [0.3, 0.4) is 0 Å². The average molecular weight is 460 g/mol. The summed E-state index contributed by atoms with van der Waals surface area (Å²) in [4.78, 5) is 28.5. The van der Waals surface area contributed by atoms with E-state index in [-0.39, 0.29) is 5.92 Å². The lowest BCUT2D eigenvalue weighted by Crippen LogP contribution is -2.35. The normalized spacial score (nSPS) is 20.6. The van der Waals surface area contributed by atoms with Crippen molar-refractivity contribution in [1.82, 2.24) is 19.9 Å². The Balaban J connectivity index is 1.47. The minimum Gasteiger partial charge on any atom is -0.440 e. The van der Waals surface area contributed by atoms with Gasteiger partial charge in [-0.05, 0) is 75.5 Å². The first-order valence-electron chi connectivity index (χ1n) is 12.3. The van der Waals surface area contributed by atoms with Crippen LogP contribution in [0.4, 0.5) is 11.6 Å². The van der Waals surface area contributed by atoms with Crippen molar-refractivity contribution in [3.05, 3.63) is 53.8 Å². The molecule has 1 saturated carbocycles. The minimum absolute atomic E-state index is 0.00794. The van der Waals surface area contributed by atoms with Crippen LogP contribution < -0.4 is 5.32 Å². The Bertz CT molecular complexity index is 1180. The molecule has 1 aliphatic carbocycles. The lowest BCUT2D eigenvalue weighted by atomic mass is 9.68. The standard InChI is InChI=1S/C27H33N5O2/c1-18-9-10-28-26(30-18)31-21-14-19(17-32-11-4-5-12-32)13-20(15-21)23-16-29-25(34-23)22-7-6-8-24(33)27(22,2)3/h9-10,13-16,22H,4-8,11-12,17H2,1-3H3,(H,28,30,31). The van der Waals surface area contributed by atoms with E-state index in [1.165, 1.54) is 18.4 Å². The van der Waals surface area contributed by atoms with Gasteiger partial charge in [0.1, 0.15) is 5.78 Å². The van der Waals surface area contributed by atoms with Crippen molar-refractivity contribution < 1.29 is 9.21 Å². The van der Waals surface area contributed by atoms with Gasteiger partial charge >= 0.3 is 0 Å². The SMILES string of the molecule is Cc1ccnc(Nc2cc(CN3CCCC3)cc(-c3cnc(C4CCCC(=O)C4(C)C)o3)c2)n1. The molecular weight excluding hydrogens is 426 g/mol.